The van der Waals surface area contributed by atoms with Gasteiger partial charge < -0.3 is 10.6 Å². The predicted molar refractivity (Wildman–Crippen MR) is 125 cm³/mol. The van der Waals surface area contributed by atoms with Crippen LogP contribution in [0.4, 0.5) is 5.69 Å². The van der Waals surface area contributed by atoms with Gasteiger partial charge in [0.1, 0.15) is 0 Å². The number of hydrogen-bond acceptors (Lipinski definition) is 7. The maximum absolute atomic E-state index is 13.1. The average molecular weight is 470 g/mol. The number of amides is 1. The van der Waals surface area contributed by atoms with Crippen LogP contribution in [0.5, 0.6) is 0 Å². The van der Waals surface area contributed by atoms with Crippen molar-refractivity contribution in [3.8, 4) is 0 Å². The van der Waals surface area contributed by atoms with Gasteiger partial charge in [-0.1, -0.05) is 30.3 Å². The minimum Gasteiger partial charge on any atom is -0.332 e. The lowest BCUT2D eigenvalue weighted by molar-refractivity contribution is -0.133. The van der Waals surface area contributed by atoms with Crippen LogP contribution >= 0.6 is 11.8 Å². The normalized spacial score (nSPS) is 14.2. The second-order valence-corrected chi connectivity index (χ2v) is 10.0. The number of hydrogen-bond donors (Lipinski definition) is 1. The van der Waals surface area contributed by atoms with Crippen molar-refractivity contribution < 1.29 is 13.2 Å². The number of thioether (sulfide) groups is 1. The van der Waals surface area contributed by atoms with Gasteiger partial charge in [-0.15, -0.1) is 11.8 Å². The van der Waals surface area contributed by atoms with Gasteiger partial charge >= 0.3 is 0 Å². The summed E-state index contributed by atoms with van der Waals surface area (Å²) in [5, 5.41) is 4.29. The van der Waals surface area contributed by atoms with Gasteiger partial charge in [-0.05, 0) is 36.7 Å². The van der Waals surface area contributed by atoms with Crippen LogP contribution in [0.2, 0.25) is 0 Å². The van der Waals surface area contributed by atoms with E-state index in [-0.39, 0.29) is 23.9 Å². The molecule has 10 heteroatoms. The summed E-state index contributed by atoms with van der Waals surface area (Å²) in [6, 6.07) is 14.1. The van der Waals surface area contributed by atoms with Crippen LogP contribution < -0.4 is 5.73 Å². The van der Waals surface area contributed by atoms with Crippen molar-refractivity contribution in [3.05, 3.63) is 71.5 Å². The molecule has 2 heterocycles. The fraction of sp³-hybridized carbons (Fsp3) is 0.227. The Labute approximate surface area is 191 Å². The molecule has 2 aromatic carbocycles. The molecule has 0 saturated carbocycles. The molecule has 1 unspecified atom stereocenters. The van der Waals surface area contributed by atoms with Crippen molar-refractivity contribution in [2.45, 2.75) is 28.8 Å². The van der Waals surface area contributed by atoms with Crippen molar-refractivity contribution in [2.24, 2.45) is 10.7 Å². The first-order chi connectivity index (χ1) is 15.4. The SMILES string of the molecule is C=Nc1ccc(S(=O)(=O)n2cc3c(n2)CN(C(=O)C(CN)c2ccccc2)C3)cc1SC. The zero-order chi connectivity index (χ0) is 22.9. The van der Waals surface area contributed by atoms with Gasteiger partial charge in [-0.3, -0.25) is 9.79 Å². The predicted octanol–water partition coefficient (Wildman–Crippen LogP) is 2.76. The highest BCUT2D eigenvalue weighted by atomic mass is 32.2. The molecular weight excluding hydrogens is 446 g/mol. The summed E-state index contributed by atoms with van der Waals surface area (Å²) in [5.74, 6) is -0.541. The topological polar surface area (TPSA) is 111 Å². The Morgan fingerprint density at radius 3 is 2.62 bits per heavy atom. The summed E-state index contributed by atoms with van der Waals surface area (Å²) >= 11 is 1.39. The molecule has 0 saturated heterocycles. The largest absolute Gasteiger partial charge is 0.332 e. The highest BCUT2D eigenvalue weighted by molar-refractivity contribution is 7.98. The molecule has 4 rings (SSSR count). The van der Waals surface area contributed by atoms with E-state index < -0.39 is 15.9 Å². The molecule has 3 aromatic rings. The van der Waals surface area contributed by atoms with E-state index in [0.717, 1.165) is 9.65 Å². The third-order valence-corrected chi connectivity index (χ3v) is 7.77. The van der Waals surface area contributed by atoms with E-state index in [4.69, 9.17) is 5.73 Å². The lowest BCUT2D eigenvalue weighted by atomic mass is 9.98. The molecule has 1 aliphatic heterocycles. The Hall–Kier alpha value is -2.95. The maximum atomic E-state index is 13.1. The van der Waals surface area contributed by atoms with Crippen LogP contribution in [-0.2, 0) is 27.9 Å². The van der Waals surface area contributed by atoms with Gasteiger partial charge in [0.15, 0.2) is 0 Å². The van der Waals surface area contributed by atoms with E-state index >= 15 is 0 Å². The first kappa shape index (κ1) is 22.3. The lowest BCUT2D eigenvalue weighted by Crippen LogP contribution is -2.34. The minimum atomic E-state index is -3.87. The van der Waals surface area contributed by atoms with Gasteiger partial charge in [-0.25, -0.2) is 0 Å². The molecule has 1 aromatic heterocycles. The molecule has 0 radical (unpaired) electrons. The minimum absolute atomic E-state index is 0.0942. The second kappa shape index (κ2) is 8.89. The number of nitrogens with zero attached hydrogens (tertiary/aromatic N) is 4. The number of aromatic nitrogens is 2. The van der Waals surface area contributed by atoms with Crippen LogP contribution in [0, 0.1) is 0 Å². The smallest absolute Gasteiger partial charge is 0.283 e. The van der Waals surface area contributed by atoms with Crippen molar-refractivity contribution in [3.63, 3.8) is 0 Å². The van der Waals surface area contributed by atoms with Crippen molar-refractivity contribution in [1.29, 1.82) is 0 Å². The third-order valence-electron chi connectivity index (χ3n) is 5.47. The Kier molecular flexibility index (Phi) is 6.18. The number of carbonyl (C=O) groups is 1. The molecule has 0 bridgehead atoms. The quantitative estimate of drug-likeness (QED) is 0.421. The Bertz CT molecular complexity index is 1250. The summed E-state index contributed by atoms with van der Waals surface area (Å²) in [6.45, 7) is 4.24. The maximum Gasteiger partial charge on any atom is 0.283 e. The summed E-state index contributed by atoms with van der Waals surface area (Å²) in [7, 11) is -3.87. The van der Waals surface area contributed by atoms with E-state index in [1.54, 1.807) is 17.0 Å². The van der Waals surface area contributed by atoms with Crippen LogP contribution in [0.25, 0.3) is 0 Å². The molecule has 32 heavy (non-hydrogen) atoms. The molecule has 1 amide bonds. The number of rotatable bonds is 7. The van der Waals surface area contributed by atoms with Crippen molar-refractivity contribution in [2.75, 3.05) is 12.8 Å². The Morgan fingerprint density at radius 1 is 1.25 bits per heavy atom. The fourth-order valence-corrected chi connectivity index (χ4v) is 5.60. The summed E-state index contributed by atoms with van der Waals surface area (Å²) < 4.78 is 27.2. The highest BCUT2D eigenvalue weighted by Crippen LogP contribution is 2.32. The number of carbonyl (C=O) groups excluding carboxylic acids is 1. The molecule has 1 aliphatic rings. The highest BCUT2D eigenvalue weighted by Gasteiger charge is 2.33. The first-order valence-electron chi connectivity index (χ1n) is 9.90. The van der Waals surface area contributed by atoms with Gasteiger partial charge in [0.05, 0.1) is 28.7 Å². The number of benzene rings is 2. The van der Waals surface area contributed by atoms with Gasteiger partial charge in [0.25, 0.3) is 10.0 Å². The van der Waals surface area contributed by atoms with Crippen LogP contribution in [0.15, 0.2) is 69.5 Å². The zero-order valence-corrected chi connectivity index (χ0v) is 19.1. The molecule has 2 N–H and O–H groups in total. The monoisotopic (exact) mass is 469 g/mol. The molecule has 8 nitrogen and oxygen atoms in total. The van der Waals surface area contributed by atoms with Crippen molar-refractivity contribution >= 4 is 40.1 Å². The van der Waals surface area contributed by atoms with E-state index in [1.165, 1.54) is 24.0 Å². The summed E-state index contributed by atoms with van der Waals surface area (Å²) in [4.78, 5) is 19.5. The first-order valence-corrected chi connectivity index (χ1v) is 12.6. The van der Waals surface area contributed by atoms with Gasteiger partial charge in [-0.2, -0.15) is 17.6 Å². The number of nitrogens with two attached hydrogens (primary N) is 1. The molecule has 166 valence electrons. The molecular formula is C22H23N5O3S2. The van der Waals surface area contributed by atoms with E-state index in [1.807, 2.05) is 36.6 Å². The Morgan fingerprint density at radius 2 is 2.00 bits per heavy atom. The second-order valence-electron chi connectivity index (χ2n) is 7.36. The molecule has 0 aliphatic carbocycles. The molecule has 0 fully saturated rings. The van der Waals surface area contributed by atoms with E-state index in [2.05, 4.69) is 16.8 Å². The average Bonchev–Trinajstić information content (AvgIpc) is 3.40. The number of aliphatic imine (C=N–C) groups is 1. The van der Waals surface area contributed by atoms with E-state index in [0.29, 0.717) is 28.4 Å². The van der Waals surface area contributed by atoms with Crippen LogP contribution in [0.1, 0.15) is 22.7 Å². The third kappa shape index (κ3) is 3.96. The van der Waals surface area contributed by atoms with Crippen molar-refractivity contribution in [1.82, 2.24) is 14.1 Å². The fourth-order valence-electron chi connectivity index (χ4n) is 3.75. The standard InChI is InChI=1S/C22H23N5O3S2/c1-24-19-9-8-17(10-21(19)31-2)32(29,30)27-13-16-12-26(14-20(16)25-27)22(28)18(11-23)15-6-4-3-5-7-15/h3-10,13,18H,1,11-12,14,23H2,2H3. The Balaban J connectivity index is 1.56. The van der Waals surface area contributed by atoms with Gasteiger partial charge in [0.2, 0.25) is 5.91 Å². The number of fused-ring (bicyclic) bond motifs is 1. The van der Waals surface area contributed by atoms with Gasteiger partial charge in [0, 0.05) is 29.7 Å². The lowest BCUT2D eigenvalue weighted by Gasteiger charge is -2.22. The molecule has 0 spiro atoms. The summed E-state index contributed by atoms with van der Waals surface area (Å²) in [5.41, 5.74) is 8.65. The summed E-state index contributed by atoms with van der Waals surface area (Å²) in [6.07, 6.45) is 3.33. The van der Waals surface area contributed by atoms with Crippen LogP contribution in [0.3, 0.4) is 0 Å². The van der Waals surface area contributed by atoms with Crippen LogP contribution in [-0.4, -0.2) is 47.9 Å². The zero-order valence-electron chi connectivity index (χ0n) is 17.5. The van der Waals surface area contributed by atoms with E-state index in [9.17, 15) is 13.2 Å². The molecule has 1 atom stereocenters.